The summed E-state index contributed by atoms with van der Waals surface area (Å²) in [6.45, 7) is 4.18. The predicted molar refractivity (Wildman–Crippen MR) is 67.1 cm³/mol. The molecule has 2 N–H and O–H groups in total. The summed E-state index contributed by atoms with van der Waals surface area (Å²) in [5.41, 5.74) is 8.03. The molecule has 0 heterocycles. The lowest BCUT2D eigenvalue weighted by Gasteiger charge is -2.13. The van der Waals surface area contributed by atoms with Gasteiger partial charge in [0.25, 0.3) is 0 Å². The largest absolute Gasteiger partial charge is 0.466 e. The fourth-order valence-corrected chi connectivity index (χ4v) is 2.23. The summed E-state index contributed by atoms with van der Waals surface area (Å²) in [5.74, 6) is -0.262. The molecule has 1 rings (SSSR count). The van der Waals surface area contributed by atoms with E-state index in [-0.39, 0.29) is 18.4 Å². The summed E-state index contributed by atoms with van der Waals surface area (Å²) in [5, 5.41) is 0. The maximum Gasteiger partial charge on any atom is 0.307 e. The Hall–Kier alpha value is -0.870. The highest BCUT2D eigenvalue weighted by molar-refractivity contribution is 9.10. The average Bonchev–Trinajstić information content (AvgIpc) is 2.17. The molecule has 0 radical (unpaired) electrons. The Labute approximate surface area is 104 Å². The van der Waals surface area contributed by atoms with Crippen LogP contribution >= 0.6 is 15.9 Å². The van der Waals surface area contributed by atoms with Crippen molar-refractivity contribution in [2.75, 3.05) is 6.61 Å². The van der Waals surface area contributed by atoms with E-state index in [9.17, 15) is 4.79 Å². The van der Waals surface area contributed by atoms with Gasteiger partial charge in [0.05, 0.1) is 13.0 Å². The zero-order valence-corrected chi connectivity index (χ0v) is 11.1. The lowest BCUT2D eigenvalue weighted by molar-refractivity contribution is -0.143. The lowest BCUT2D eigenvalue weighted by Crippen LogP contribution is -2.17. The quantitative estimate of drug-likeness (QED) is 0.866. The van der Waals surface area contributed by atoms with Gasteiger partial charge in [-0.3, -0.25) is 4.79 Å². The molecule has 0 aliphatic heterocycles. The van der Waals surface area contributed by atoms with Gasteiger partial charge in [0.2, 0.25) is 0 Å². The topological polar surface area (TPSA) is 52.3 Å². The maximum atomic E-state index is 11.3. The van der Waals surface area contributed by atoms with Crippen LogP contribution in [0.1, 0.15) is 30.5 Å². The van der Waals surface area contributed by atoms with Crippen molar-refractivity contribution in [3.05, 3.63) is 33.8 Å². The molecule has 1 aromatic carbocycles. The van der Waals surface area contributed by atoms with Crippen molar-refractivity contribution in [3.8, 4) is 0 Å². The van der Waals surface area contributed by atoms with Gasteiger partial charge in [-0.25, -0.2) is 0 Å². The van der Waals surface area contributed by atoms with E-state index in [0.29, 0.717) is 6.61 Å². The molecule has 1 atom stereocenters. The van der Waals surface area contributed by atoms with Gasteiger partial charge < -0.3 is 10.5 Å². The molecule has 4 heteroatoms. The van der Waals surface area contributed by atoms with Gasteiger partial charge in [0, 0.05) is 10.5 Å². The molecule has 0 amide bonds. The number of nitrogens with two attached hydrogens (primary N) is 1. The molecule has 0 aliphatic rings. The van der Waals surface area contributed by atoms with E-state index in [2.05, 4.69) is 15.9 Å². The molecule has 0 bridgehead atoms. The lowest BCUT2D eigenvalue weighted by atomic mass is 10.0. The Balaban J connectivity index is 2.72. The van der Waals surface area contributed by atoms with Crippen molar-refractivity contribution >= 4 is 21.9 Å². The first-order valence-electron chi connectivity index (χ1n) is 5.21. The van der Waals surface area contributed by atoms with Crippen LogP contribution in [0.4, 0.5) is 0 Å². The van der Waals surface area contributed by atoms with Gasteiger partial charge in [0.1, 0.15) is 0 Å². The van der Waals surface area contributed by atoms with Crippen LogP contribution in [0.5, 0.6) is 0 Å². The van der Waals surface area contributed by atoms with Gasteiger partial charge in [-0.15, -0.1) is 0 Å². The predicted octanol–water partition coefficient (Wildman–Crippen LogP) is 2.71. The first-order valence-corrected chi connectivity index (χ1v) is 6.01. The van der Waals surface area contributed by atoms with Crippen LogP contribution in [0.2, 0.25) is 0 Å². The summed E-state index contributed by atoms with van der Waals surface area (Å²) >= 11 is 3.44. The van der Waals surface area contributed by atoms with Crippen molar-refractivity contribution in [2.45, 2.75) is 26.3 Å². The summed E-state index contributed by atoms with van der Waals surface area (Å²) in [6, 6.07) is 5.57. The van der Waals surface area contributed by atoms with E-state index in [0.717, 1.165) is 15.6 Å². The first kappa shape index (κ1) is 13.2. The minimum atomic E-state index is -0.325. The highest BCUT2D eigenvalue weighted by Gasteiger charge is 2.14. The molecule has 0 aromatic heterocycles. The molecular weight excluding hydrogens is 270 g/mol. The van der Waals surface area contributed by atoms with Crippen molar-refractivity contribution in [1.82, 2.24) is 0 Å². The van der Waals surface area contributed by atoms with E-state index in [1.165, 1.54) is 0 Å². The molecule has 16 heavy (non-hydrogen) atoms. The Kier molecular flexibility index (Phi) is 4.96. The van der Waals surface area contributed by atoms with E-state index >= 15 is 0 Å². The third-order valence-corrected chi connectivity index (χ3v) is 2.93. The van der Waals surface area contributed by atoms with Crippen molar-refractivity contribution in [1.29, 1.82) is 0 Å². The number of aryl methyl sites for hydroxylation is 1. The van der Waals surface area contributed by atoms with E-state index in [1.54, 1.807) is 6.92 Å². The molecule has 0 spiro atoms. The van der Waals surface area contributed by atoms with Gasteiger partial charge in [-0.05, 0) is 31.0 Å². The smallest absolute Gasteiger partial charge is 0.307 e. The second kappa shape index (κ2) is 6.01. The normalized spacial score (nSPS) is 12.2. The fourth-order valence-electron chi connectivity index (χ4n) is 1.44. The molecule has 3 nitrogen and oxygen atoms in total. The molecule has 0 saturated heterocycles. The van der Waals surface area contributed by atoms with E-state index < -0.39 is 0 Å². The maximum absolute atomic E-state index is 11.3. The molecule has 0 fully saturated rings. The standard InChI is InChI=1S/C12H16BrNO2/c1-3-16-12(15)7-11(14)9-5-4-8(2)6-10(9)13/h4-6,11H,3,7,14H2,1-2H3/t11-/m1/s1. The number of hydrogen-bond acceptors (Lipinski definition) is 3. The Morgan fingerprint density at radius 3 is 2.81 bits per heavy atom. The van der Waals surface area contributed by atoms with Crippen LogP contribution in [-0.2, 0) is 9.53 Å². The van der Waals surface area contributed by atoms with Crippen LogP contribution in [0.3, 0.4) is 0 Å². The number of hydrogen-bond donors (Lipinski definition) is 1. The summed E-state index contributed by atoms with van der Waals surface area (Å²) in [7, 11) is 0. The second-order valence-electron chi connectivity index (χ2n) is 3.64. The monoisotopic (exact) mass is 285 g/mol. The number of carbonyl (C=O) groups is 1. The third-order valence-electron chi connectivity index (χ3n) is 2.25. The van der Waals surface area contributed by atoms with Crippen LogP contribution in [0.25, 0.3) is 0 Å². The minimum Gasteiger partial charge on any atom is -0.466 e. The van der Waals surface area contributed by atoms with Crippen molar-refractivity contribution in [2.24, 2.45) is 5.73 Å². The molecule has 0 unspecified atom stereocenters. The molecule has 0 saturated carbocycles. The van der Waals surface area contributed by atoms with Crippen LogP contribution in [-0.4, -0.2) is 12.6 Å². The molecule has 88 valence electrons. The molecule has 1 aromatic rings. The van der Waals surface area contributed by atoms with E-state index in [4.69, 9.17) is 10.5 Å². The van der Waals surface area contributed by atoms with Crippen LogP contribution in [0.15, 0.2) is 22.7 Å². The number of ether oxygens (including phenoxy) is 1. The first-order chi connectivity index (χ1) is 7.54. The highest BCUT2D eigenvalue weighted by Crippen LogP contribution is 2.25. The summed E-state index contributed by atoms with van der Waals surface area (Å²) in [4.78, 5) is 11.3. The average molecular weight is 286 g/mol. The number of carbonyl (C=O) groups excluding carboxylic acids is 1. The third kappa shape index (κ3) is 3.61. The molecular formula is C12H16BrNO2. The van der Waals surface area contributed by atoms with Gasteiger partial charge >= 0.3 is 5.97 Å². The summed E-state index contributed by atoms with van der Waals surface area (Å²) in [6.07, 6.45) is 0.204. The Morgan fingerprint density at radius 2 is 2.25 bits per heavy atom. The van der Waals surface area contributed by atoms with Crippen LogP contribution < -0.4 is 5.73 Å². The zero-order valence-electron chi connectivity index (χ0n) is 9.50. The van der Waals surface area contributed by atoms with E-state index in [1.807, 2.05) is 25.1 Å². The molecule has 0 aliphatic carbocycles. The Morgan fingerprint density at radius 1 is 1.56 bits per heavy atom. The van der Waals surface area contributed by atoms with Gasteiger partial charge in [0.15, 0.2) is 0 Å². The second-order valence-corrected chi connectivity index (χ2v) is 4.49. The number of rotatable bonds is 4. The van der Waals surface area contributed by atoms with Gasteiger partial charge in [-0.2, -0.15) is 0 Å². The van der Waals surface area contributed by atoms with Crippen molar-refractivity contribution in [3.63, 3.8) is 0 Å². The summed E-state index contributed by atoms with van der Waals surface area (Å²) < 4.78 is 5.80. The Bertz CT molecular complexity index is 379. The van der Waals surface area contributed by atoms with Crippen molar-refractivity contribution < 1.29 is 9.53 Å². The number of esters is 1. The SMILES string of the molecule is CCOC(=O)C[C@@H](N)c1ccc(C)cc1Br. The highest BCUT2D eigenvalue weighted by atomic mass is 79.9. The number of benzene rings is 1. The minimum absolute atomic E-state index is 0.204. The number of halogens is 1. The van der Waals surface area contributed by atoms with Crippen LogP contribution in [0, 0.1) is 6.92 Å². The van der Waals surface area contributed by atoms with Gasteiger partial charge in [-0.1, -0.05) is 28.1 Å². The zero-order chi connectivity index (χ0) is 12.1. The fraction of sp³-hybridized carbons (Fsp3) is 0.417.